The summed E-state index contributed by atoms with van der Waals surface area (Å²) in [6.45, 7) is 4.72. The zero-order valence-corrected chi connectivity index (χ0v) is 14.1. The first-order chi connectivity index (χ1) is 11.6. The first-order valence-corrected chi connectivity index (χ1v) is 8.42. The molecule has 1 aromatic carbocycles. The van der Waals surface area contributed by atoms with Crippen LogP contribution in [0.1, 0.15) is 42.4 Å². The second-order valence-electron chi connectivity index (χ2n) is 6.51. The third kappa shape index (κ3) is 3.65. The zero-order chi connectivity index (χ0) is 17.1. The fourth-order valence-electron chi connectivity index (χ4n) is 2.93. The van der Waals surface area contributed by atoms with Crippen LogP contribution < -0.4 is 10.6 Å². The summed E-state index contributed by atoms with van der Waals surface area (Å²) in [5.74, 6) is 0.117. The third-order valence-electron chi connectivity index (χ3n) is 4.25. The molecule has 0 aliphatic heterocycles. The summed E-state index contributed by atoms with van der Waals surface area (Å²) < 4.78 is 0. The number of nitriles is 1. The number of aromatic nitrogens is 1. The molecular formula is C19H22N4O. The Morgan fingerprint density at radius 3 is 2.88 bits per heavy atom. The van der Waals surface area contributed by atoms with Crippen LogP contribution in [0.15, 0.2) is 18.3 Å². The van der Waals surface area contributed by atoms with Gasteiger partial charge in [-0.3, -0.25) is 9.78 Å². The maximum atomic E-state index is 11.7. The molecule has 0 atom stereocenters. The number of hydrogen-bond donors (Lipinski definition) is 2. The number of amides is 1. The molecule has 0 saturated heterocycles. The number of aryl methyl sites for hydroxylation is 2. The molecule has 1 amide bonds. The van der Waals surface area contributed by atoms with Gasteiger partial charge in [0.25, 0.3) is 0 Å². The number of nitrogens with one attached hydrogen (secondary N) is 2. The van der Waals surface area contributed by atoms with E-state index in [1.54, 1.807) is 6.20 Å². The van der Waals surface area contributed by atoms with Crippen LogP contribution in [0.2, 0.25) is 0 Å². The molecule has 3 rings (SSSR count). The Labute approximate surface area is 142 Å². The molecule has 0 spiro atoms. The lowest BCUT2D eigenvalue weighted by molar-refractivity contribution is -0.121. The van der Waals surface area contributed by atoms with Crippen molar-refractivity contribution >= 4 is 22.5 Å². The van der Waals surface area contributed by atoms with E-state index in [1.165, 1.54) is 0 Å². The van der Waals surface area contributed by atoms with Crippen molar-refractivity contribution in [2.45, 2.75) is 45.6 Å². The maximum absolute atomic E-state index is 11.7. The Morgan fingerprint density at radius 1 is 1.38 bits per heavy atom. The molecule has 5 nitrogen and oxygen atoms in total. The third-order valence-corrected chi connectivity index (χ3v) is 4.25. The van der Waals surface area contributed by atoms with E-state index in [-0.39, 0.29) is 5.91 Å². The Balaban J connectivity index is 1.72. The van der Waals surface area contributed by atoms with Crippen molar-refractivity contribution in [2.75, 3.05) is 11.9 Å². The molecule has 1 aromatic heterocycles. The molecule has 2 N–H and O–H groups in total. The zero-order valence-electron chi connectivity index (χ0n) is 14.1. The van der Waals surface area contributed by atoms with E-state index in [0.717, 1.165) is 47.0 Å². The van der Waals surface area contributed by atoms with Gasteiger partial charge >= 0.3 is 0 Å². The molecule has 1 saturated carbocycles. The van der Waals surface area contributed by atoms with Crippen LogP contribution in [-0.2, 0) is 4.79 Å². The summed E-state index contributed by atoms with van der Waals surface area (Å²) in [5.41, 5.74) is 4.51. The second kappa shape index (κ2) is 6.88. The van der Waals surface area contributed by atoms with Gasteiger partial charge < -0.3 is 10.6 Å². The summed E-state index contributed by atoms with van der Waals surface area (Å²) in [7, 11) is 0. The smallest absolute Gasteiger partial charge is 0.220 e. The highest BCUT2D eigenvalue weighted by Crippen LogP contribution is 2.28. The maximum Gasteiger partial charge on any atom is 0.220 e. The van der Waals surface area contributed by atoms with Gasteiger partial charge in [0.1, 0.15) is 6.07 Å². The van der Waals surface area contributed by atoms with Crippen LogP contribution in [0.5, 0.6) is 0 Å². The van der Waals surface area contributed by atoms with E-state index in [1.807, 2.05) is 13.8 Å². The van der Waals surface area contributed by atoms with E-state index in [0.29, 0.717) is 24.6 Å². The molecule has 2 aromatic rings. The Bertz CT molecular complexity index is 818. The minimum absolute atomic E-state index is 0.117. The number of anilines is 1. The van der Waals surface area contributed by atoms with Crippen molar-refractivity contribution in [3.8, 4) is 6.07 Å². The lowest BCUT2D eigenvalue weighted by Crippen LogP contribution is -2.25. The molecule has 1 aliphatic rings. The standard InChI is InChI=1S/C19H22N4O/c1-12-8-13(2)18-16(9-12)19(14(10-20)11-22-18)21-7-3-4-17(24)23-15-5-6-15/h8-9,11,15H,3-7H2,1-2H3,(H,21,22)(H,23,24). The Hall–Kier alpha value is -2.61. The molecule has 1 fully saturated rings. The van der Waals surface area contributed by atoms with Crippen LogP contribution in [0.25, 0.3) is 10.9 Å². The van der Waals surface area contributed by atoms with E-state index in [9.17, 15) is 10.1 Å². The van der Waals surface area contributed by atoms with E-state index in [2.05, 4.69) is 33.8 Å². The lowest BCUT2D eigenvalue weighted by atomic mass is 10.0. The van der Waals surface area contributed by atoms with Crippen molar-refractivity contribution in [1.29, 1.82) is 5.26 Å². The van der Waals surface area contributed by atoms with Gasteiger partial charge in [0.05, 0.1) is 16.8 Å². The Morgan fingerprint density at radius 2 is 2.17 bits per heavy atom. The lowest BCUT2D eigenvalue weighted by Gasteiger charge is -2.13. The summed E-state index contributed by atoms with van der Waals surface area (Å²) in [5, 5.41) is 16.7. The summed E-state index contributed by atoms with van der Waals surface area (Å²) in [4.78, 5) is 16.2. The topological polar surface area (TPSA) is 77.8 Å². The van der Waals surface area contributed by atoms with E-state index >= 15 is 0 Å². The molecular weight excluding hydrogens is 300 g/mol. The fourth-order valence-corrected chi connectivity index (χ4v) is 2.93. The van der Waals surface area contributed by atoms with Gasteiger partial charge in [0, 0.05) is 30.6 Å². The summed E-state index contributed by atoms with van der Waals surface area (Å²) >= 11 is 0. The largest absolute Gasteiger partial charge is 0.383 e. The van der Waals surface area contributed by atoms with Gasteiger partial charge in [-0.25, -0.2) is 0 Å². The average Bonchev–Trinajstić information content (AvgIpc) is 3.35. The van der Waals surface area contributed by atoms with Gasteiger partial charge in [-0.2, -0.15) is 5.26 Å². The molecule has 0 bridgehead atoms. The normalized spacial score (nSPS) is 13.5. The average molecular weight is 322 g/mol. The van der Waals surface area contributed by atoms with Crippen LogP contribution >= 0.6 is 0 Å². The van der Waals surface area contributed by atoms with Crippen LogP contribution in [0, 0.1) is 25.2 Å². The molecule has 1 heterocycles. The highest BCUT2D eigenvalue weighted by molar-refractivity contribution is 5.96. The minimum Gasteiger partial charge on any atom is -0.383 e. The molecule has 124 valence electrons. The van der Waals surface area contributed by atoms with Gasteiger partial charge in [-0.05, 0) is 44.7 Å². The highest BCUT2D eigenvalue weighted by atomic mass is 16.1. The monoisotopic (exact) mass is 322 g/mol. The van der Waals surface area contributed by atoms with Gasteiger partial charge in [-0.1, -0.05) is 11.6 Å². The SMILES string of the molecule is Cc1cc(C)c2ncc(C#N)c(NCCCC(=O)NC3CC3)c2c1. The van der Waals surface area contributed by atoms with Gasteiger partial charge in [0.15, 0.2) is 0 Å². The van der Waals surface area contributed by atoms with Crippen molar-refractivity contribution in [2.24, 2.45) is 0 Å². The summed E-state index contributed by atoms with van der Waals surface area (Å²) in [6.07, 6.45) is 5.08. The molecule has 5 heteroatoms. The van der Waals surface area contributed by atoms with Gasteiger partial charge in [-0.15, -0.1) is 0 Å². The molecule has 0 unspecified atom stereocenters. The first-order valence-electron chi connectivity index (χ1n) is 8.42. The number of fused-ring (bicyclic) bond motifs is 1. The van der Waals surface area contributed by atoms with Crippen LogP contribution in [0.3, 0.4) is 0 Å². The molecule has 1 aliphatic carbocycles. The number of benzene rings is 1. The number of nitrogens with zero attached hydrogens (tertiary/aromatic N) is 2. The summed E-state index contributed by atoms with van der Waals surface area (Å²) in [6, 6.07) is 6.76. The van der Waals surface area contributed by atoms with Gasteiger partial charge in [0.2, 0.25) is 5.91 Å². The van der Waals surface area contributed by atoms with Crippen molar-refractivity contribution in [3.63, 3.8) is 0 Å². The minimum atomic E-state index is 0.117. The number of rotatable bonds is 6. The molecule has 24 heavy (non-hydrogen) atoms. The van der Waals surface area contributed by atoms with E-state index < -0.39 is 0 Å². The fraction of sp³-hybridized carbons (Fsp3) is 0.421. The number of pyridine rings is 1. The quantitative estimate of drug-likeness (QED) is 0.801. The second-order valence-corrected chi connectivity index (χ2v) is 6.51. The highest BCUT2D eigenvalue weighted by Gasteiger charge is 2.22. The predicted octanol–water partition coefficient (Wildman–Crippen LogP) is 3.19. The predicted molar refractivity (Wildman–Crippen MR) is 94.8 cm³/mol. The van der Waals surface area contributed by atoms with Crippen molar-refractivity contribution in [1.82, 2.24) is 10.3 Å². The molecule has 0 radical (unpaired) electrons. The van der Waals surface area contributed by atoms with Crippen molar-refractivity contribution < 1.29 is 4.79 Å². The number of carbonyl (C=O) groups is 1. The van der Waals surface area contributed by atoms with Crippen LogP contribution in [-0.4, -0.2) is 23.5 Å². The van der Waals surface area contributed by atoms with E-state index in [4.69, 9.17) is 0 Å². The number of carbonyl (C=O) groups excluding carboxylic acids is 1. The number of hydrogen-bond acceptors (Lipinski definition) is 4. The Kier molecular flexibility index (Phi) is 4.66. The first kappa shape index (κ1) is 16.3. The van der Waals surface area contributed by atoms with Crippen molar-refractivity contribution in [3.05, 3.63) is 35.0 Å². The van der Waals surface area contributed by atoms with Crippen LogP contribution in [0.4, 0.5) is 5.69 Å².